The van der Waals surface area contributed by atoms with Crippen LogP contribution in [0.3, 0.4) is 0 Å². The molecule has 3 aromatic rings. The number of rotatable bonds is 7. The third kappa shape index (κ3) is 5.28. The van der Waals surface area contributed by atoms with Gasteiger partial charge < -0.3 is 5.32 Å². The van der Waals surface area contributed by atoms with Gasteiger partial charge in [-0.1, -0.05) is 53.3 Å². The summed E-state index contributed by atoms with van der Waals surface area (Å²) in [5.41, 5.74) is 2.40. The van der Waals surface area contributed by atoms with Crippen LogP contribution >= 0.6 is 22.9 Å². The van der Waals surface area contributed by atoms with Crippen LogP contribution in [0.2, 0.25) is 5.02 Å². The van der Waals surface area contributed by atoms with Crippen molar-refractivity contribution in [3.05, 3.63) is 58.6 Å². The molecule has 3 rings (SSSR count). The largest absolute Gasteiger partial charge is 0.302 e. The molecular formula is C19H19ClN2O3S2. The smallest absolute Gasteiger partial charge is 0.226 e. The molecule has 0 spiro atoms. The average molecular weight is 423 g/mol. The van der Waals surface area contributed by atoms with E-state index in [1.54, 1.807) is 18.2 Å². The first-order chi connectivity index (χ1) is 12.8. The van der Waals surface area contributed by atoms with E-state index >= 15 is 0 Å². The van der Waals surface area contributed by atoms with Crippen LogP contribution in [0.25, 0.3) is 10.2 Å². The van der Waals surface area contributed by atoms with Crippen molar-refractivity contribution in [1.82, 2.24) is 4.98 Å². The topological polar surface area (TPSA) is 76.1 Å². The van der Waals surface area contributed by atoms with Gasteiger partial charge in [0.2, 0.25) is 5.91 Å². The maximum absolute atomic E-state index is 12.2. The zero-order valence-electron chi connectivity index (χ0n) is 14.7. The second-order valence-electron chi connectivity index (χ2n) is 6.27. The van der Waals surface area contributed by atoms with E-state index in [0.29, 0.717) is 10.2 Å². The van der Waals surface area contributed by atoms with Crippen LogP contribution in [-0.4, -0.2) is 25.1 Å². The van der Waals surface area contributed by atoms with E-state index in [1.807, 2.05) is 31.2 Å². The predicted molar refractivity (Wildman–Crippen MR) is 111 cm³/mol. The second kappa shape index (κ2) is 8.37. The third-order valence-electron chi connectivity index (χ3n) is 4.08. The Morgan fingerprint density at radius 1 is 1.19 bits per heavy atom. The summed E-state index contributed by atoms with van der Waals surface area (Å²) in [5, 5.41) is 3.87. The maximum atomic E-state index is 12.2. The highest BCUT2D eigenvalue weighted by Crippen LogP contribution is 2.31. The predicted octanol–water partition coefficient (Wildman–Crippen LogP) is 4.59. The number of nitrogens with zero attached hydrogens (tertiary/aromatic N) is 1. The van der Waals surface area contributed by atoms with Gasteiger partial charge in [0.15, 0.2) is 15.0 Å². The number of halogens is 1. The van der Waals surface area contributed by atoms with Gasteiger partial charge in [-0.15, -0.1) is 0 Å². The number of nitrogens with one attached hydrogen (secondary N) is 1. The number of fused-ring (bicyclic) bond motifs is 1. The molecule has 1 amide bonds. The van der Waals surface area contributed by atoms with Gasteiger partial charge >= 0.3 is 0 Å². The molecule has 5 nitrogen and oxygen atoms in total. The molecule has 1 heterocycles. The molecule has 0 fully saturated rings. The van der Waals surface area contributed by atoms with E-state index in [4.69, 9.17) is 11.6 Å². The van der Waals surface area contributed by atoms with Crippen molar-refractivity contribution in [1.29, 1.82) is 0 Å². The minimum atomic E-state index is -3.24. The van der Waals surface area contributed by atoms with E-state index in [2.05, 4.69) is 10.3 Å². The maximum Gasteiger partial charge on any atom is 0.226 e. The summed E-state index contributed by atoms with van der Waals surface area (Å²) in [5.74, 6) is -0.273. The standard InChI is InChI=1S/C19H19ClN2O3S2/c1-13-15(20)9-10-16-18(13)22-19(26-16)21-17(23)8-5-11-27(24,25)12-14-6-3-2-4-7-14/h2-4,6-7,9-10H,5,8,11-12H2,1H3,(H,21,22,23). The molecule has 0 saturated heterocycles. The normalized spacial score (nSPS) is 11.6. The van der Waals surface area contributed by atoms with Crippen molar-refractivity contribution in [3.8, 4) is 0 Å². The number of amides is 1. The van der Waals surface area contributed by atoms with Crippen molar-refractivity contribution in [2.24, 2.45) is 0 Å². The Morgan fingerprint density at radius 2 is 1.93 bits per heavy atom. The average Bonchev–Trinajstić information content (AvgIpc) is 3.02. The van der Waals surface area contributed by atoms with Crippen LogP contribution in [0.15, 0.2) is 42.5 Å². The fourth-order valence-electron chi connectivity index (χ4n) is 2.69. The zero-order valence-corrected chi connectivity index (χ0v) is 17.1. The SMILES string of the molecule is Cc1c(Cl)ccc2sc(NC(=O)CCCS(=O)(=O)Cc3ccccc3)nc12. The van der Waals surface area contributed by atoms with Crippen LogP contribution in [0.5, 0.6) is 0 Å². The molecule has 0 unspecified atom stereocenters. The zero-order chi connectivity index (χ0) is 19.4. The molecule has 0 atom stereocenters. The van der Waals surface area contributed by atoms with Gasteiger partial charge in [0, 0.05) is 11.4 Å². The number of anilines is 1. The Balaban J connectivity index is 1.53. The molecular weight excluding hydrogens is 404 g/mol. The molecule has 2 aromatic carbocycles. The first-order valence-corrected chi connectivity index (χ1v) is 11.5. The minimum Gasteiger partial charge on any atom is -0.302 e. The van der Waals surface area contributed by atoms with Crippen LogP contribution in [-0.2, 0) is 20.4 Å². The van der Waals surface area contributed by atoms with Crippen molar-refractivity contribution in [3.63, 3.8) is 0 Å². The molecule has 1 N–H and O–H groups in total. The second-order valence-corrected chi connectivity index (χ2v) is 9.89. The monoisotopic (exact) mass is 422 g/mol. The van der Waals surface area contributed by atoms with Gasteiger partial charge in [-0.2, -0.15) is 0 Å². The van der Waals surface area contributed by atoms with Crippen molar-refractivity contribution in [2.75, 3.05) is 11.1 Å². The molecule has 0 aliphatic rings. The van der Waals surface area contributed by atoms with E-state index in [9.17, 15) is 13.2 Å². The van der Waals surface area contributed by atoms with Crippen molar-refractivity contribution in [2.45, 2.75) is 25.5 Å². The fraction of sp³-hybridized carbons (Fsp3) is 0.263. The van der Waals surface area contributed by atoms with E-state index in [-0.39, 0.29) is 30.3 Å². The van der Waals surface area contributed by atoms with Gasteiger partial charge in [-0.25, -0.2) is 13.4 Å². The molecule has 27 heavy (non-hydrogen) atoms. The van der Waals surface area contributed by atoms with Gasteiger partial charge in [0.25, 0.3) is 0 Å². The highest BCUT2D eigenvalue weighted by molar-refractivity contribution is 7.90. The van der Waals surface area contributed by atoms with Gasteiger partial charge in [-0.3, -0.25) is 4.79 Å². The number of thiazole rings is 1. The van der Waals surface area contributed by atoms with Crippen LogP contribution < -0.4 is 5.32 Å². The lowest BCUT2D eigenvalue weighted by atomic mass is 10.2. The van der Waals surface area contributed by atoms with E-state index < -0.39 is 9.84 Å². The lowest BCUT2D eigenvalue weighted by molar-refractivity contribution is -0.116. The quantitative estimate of drug-likeness (QED) is 0.604. The van der Waals surface area contributed by atoms with E-state index in [0.717, 1.165) is 21.3 Å². The first kappa shape index (κ1) is 19.8. The number of benzene rings is 2. The number of aromatic nitrogens is 1. The van der Waals surface area contributed by atoms with Gasteiger partial charge in [0.05, 0.1) is 21.7 Å². The number of aryl methyl sites for hydroxylation is 1. The summed E-state index contributed by atoms with van der Waals surface area (Å²) >= 11 is 7.46. The molecule has 0 radical (unpaired) electrons. The van der Waals surface area contributed by atoms with Crippen LogP contribution in [0.4, 0.5) is 5.13 Å². The number of sulfone groups is 1. The van der Waals surface area contributed by atoms with Gasteiger partial charge in [-0.05, 0) is 36.6 Å². The summed E-state index contributed by atoms with van der Waals surface area (Å²) in [6.07, 6.45) is 0.403. The number of carbonyl (C=O) groups excluding carboxylic acids is 1. The lowest BCUT2D eigenvalue weighted by Crippen LogP contribution is -2.15. The Morgan fingerprint density at radius 3 is 2.67 bits per heavy atom. The Bertz CT molecular complexity index is 1060. The molecule has 0 bridgehead atoms. The summed E-state index contributed by atoms with van der Waals surface area (Å²) < 4.78 is 25.3. The molecule has 1 aromatic heterocycles. The summed E-state index contributed by atoms with van der Waals surface area (Å²) in [7, 11) is -3.24. The van der Waals surface area contributed by atoms with E-state index in [1.165, 1.54) is 11.3 Å². The molecule has 0 aliphatic carbocycles. The molecule has 0 aliphatic heterocycles. The number of hydrogen-bond donors (Lipinski definition) is 1. The highest BCUT2D eigenvalue weighted by Gasteiger charge is 2.14. The summed E-state index contributed by atoms with van der Waals surface area (Å²) in [4.78, 5) is 16.5. The fourth-order valence-corrected chi connectivity index (χ4v) is 5.21. The molecule has 0 saturated carbocycles. The highest BCUT2D eigenvalue weighted by atomic mass is 35.5. The minimum absolute atomic E-state index is 0.00658. The summed E-state index contributed by atoms with van der Waals surface area (Å²) in [6, 6.07) is 12.7. The molecule has 8 heteroatoms. The third-order valence-corrected chi connectivity index (χ3v) is 7.11. The Labute approximate surface area is 167 Å². The first-order valence-electron chi connectivity index (χ1n) is 8.44. The van der Waals surface area contributed by atoms with Crippen molar-refractivity contribution >= 4 is 54.0 Å². The Kier molecular flexibility index (Phi) is 6.14. The Hall–Kier alpha value is -1.96. The lowest BCUT2D eigenvalue weighted by Gasteiger charge is -2.05. The number of hydrogen-bond acceptors (Lipinski definition) is 5. The van der Waals surface area contributed by atoms with Crippen LogP contribution in [0, 0.1) is 6.92 Å². The number of carbonyl (C=O) groups is 1. The van der Waals surface area contributed by atoms with Crippen LogP contribution in [0.1, 0.15) is 24.0 Å². The van der Waals surface area contributed by atoms with Crippen molar-refractivity contribution < 1.29 is 13.2 Å². The molecule has 142 valence electrons. The van der Waals surface area contributed by atoms with Gasteiger partial charge in [0.1, 0.15) is 0 Å². The summed E-state index contributed by atoms with van der Waals surface area (Å²) in [6.45, 7) is 1.88.